The zero-order valence-corrected chi connectivity index (χ0v) is 8.46. The molecular weight excluding hydrogens is 166 g/mol. The number of amides is 1. The Balaban J connectivity index is 4.26. The predicted octanol–water partition coefficient (Wildman–Crippen LogP) is 1.29. The summed E-state index contributed by atoms with van der Waals surface area (Å²) in [5.74, 6) is -0.176. The van der Waals surface area contributed by atoms with E-state index in [0.717, 1.165) is 0 Å². The molecule has 3 heteroatoms. The topological polar surface area (TPSA) is 46.2 Å². The Morgan fingerprint density at radius 3 is 2.31 bits per heavy atom. The third kappa shape index (κ3) is 4.45. The van der Waals surface area contributed by atoms with Crippen LogP contribution < -0.4 is 5.32 Å². The molecule has 0 radical (unpaired) electrons. The van der Waals surface area contributed by atoms with Gasteiger partial charge < -0.3 is 5.32 Å². The van der Waals surface area contributed by atoms with Crippen LogP contribution >= 0.6 is 0 Å². The maximum Gasteiger partial charge on any atom is 0.217 e. The van der Waals surface area contributed by atoms with Gasteiger partial charge in [0.15, 0.2) is 0 Å². The van der Waals surface area contributed by atoms with Gasteiger partial charge in [-0.15, -0.1) is 6.58 Å². The molecule has 13 heavy (non-hydrogen) atoms. The van der Waals surface area contributed by atoms with E-state index >= 15 is 0 Å². The number of hydrogen-bond acceptors (Lipinski definition) is 2. The van der Waals surface area contributed by atoms with Crippen molar-refractivity contribution >= 4 is 11.7 Å². The van der Waals surface area contributed by atoms with Crippen LogP contribution in [0.15, 0.2) is 12.7 Å². The zero-order chi connectivity index (χ0) is 10.4. The summed E-state index contributed by atoms with van der Waals surface area (Å²) >= 11 is 0. The Bertz CT molecular complexity index is 211. The largest absolute Gasteiger partial charge is 0.353 e. The monoisotopic (exact) mass is 183 g/mol. The van der Waals surface area contributed by atoms with Crippen LogP contribution in [-0.4, -0.2) is 17.7 Å². The first-order valence-corrected chi connectivity index (χ1v) is 4.37. The first-order valence-electron chi connectivity index (χ1n) is 4.37. The molecule has 0 rings (SSSR count). The van der Waals surface area contributed by atoms with Crippen LogP contribution in [0.2, 0.25) is 0 Å². The number of carbonyl (C=O) groups excluding carboxylic acids is 2. The van der Waals surface area contributed by atoms with Crippen molar-refractivity contribution in [1.29, 1.82) is 0 Å². The summed E-state index contributed by atoms with van der Waals surface area (Å²) in [6, 6.07) is -0.118. The molecule has 0 spiro atoms. The van der Waals surface area contributed by atoms with Gasteiger partial charge in [-0.05, 0) is 20.3 Å². The minimum Gasteiger partial charge on any atom is -0.353 e. The van der Waals surface area contributed by atoms with E-state index < -0.39 is 0 Å². The van der Waals surface area contributed by atoms with Gasteiger partial charge in [0.25, 0.3) is 0 Å². The van der Waals surface area contributed by atoms with Gasteiger partial charge in [-0.3, -0.25) is 9.59 Å². The molecule has 0 saturated heterocycles. The normalized spacial score (nSPS) is 14.4. The molecule has 0 aliphatic rings. The summed E-state index contributed by atoms with van der Waals surface area (Å²) in [5.41, 5.74) is 0. The number of Topliss-reactive ketones (excluding diaryl/α,β-unsaturated/α-hetero) is 1. The van der Waals surface area contributed by atoms with Crippen molar-refractivity contribution in [1.82, 2.24) is 5.32 Å². The van der Waals surface area contributed by atoms with Gasteiger partial charge in [-0.1, -0.05) is 6.08 Å². The van der Waals surface area contributed by atoms with E-state index in [9.17, 15) is 9.59 Å². The number of nitrogens with one attached hydrogen (secondary N) is 1. The van der Waals surface area contributed by atoms with Crippen LogP contribution in [-0.2, 0) is 9.59 Å². The van der Waals surface area contributed by atoms with Crippen LogP contribution in [0.25, 0.3) is 0 Å². The van der Waals surface area contributed by atoms with E-state index in [1.54, 1.807) is 6.08 Å². The Labute approximate surface area is 79.2 Å². The Morgan fingerprint density at radius 1 is 1.46 bits per heavy atom. The minimum absolute atomic E-state index is 0.0844. The molecule has 1 unspecified atom stereocenters. The highest BCUT2D eigenvalue weighted by atomic mass is 16.1. The maximum atomic E-state index is 11.2. The van der Waals surface area contributed by atoms with E-state index in [1.165, 1.54) is 13.8 Å². The zero-order valence-electron chi connectivity index (χ0n) is 8.46. The average Bonchev–Trinajstić information content (AvgIpc) is 1.97. The summed E-state index contributed by atoms with van der Waals surface area (Å²) < 4.78 is 0. The van der Waals surface area contributed by atoms with E-state index in [0.29, 0.717) is 6.42 Å². The molecule has 0 heterocycles. The summed E-state index contributed by atoms with van der Waals surface area (Å²) in [5, 5.41) is 2.70. The average molecular weight is 183 g/mol. The van der Waals surface area contributed by atoms with E-state index in [-0.39, 0.29) is 23.7 Å². The smallest absolute Gasteiger partial charge is 0.217 e. The van der Waals surface area contributed by atoms with Crippen molar-refractivity contribution in [2.24, 2.45) is 5.92 Å². The van der Waals surface area contributed by atoms with E-state index in [2.05, 4.69) is 11.9 Å². The highest BCUT2D eigenvalue weighted by Gasteiger charge is 2.20. The second kappa shape index (κ2) is 5.51. The van der Waals surface area contributed by atoms with Crippen LogP contribution in [0.3, 0.4) is 0 Å². The fourth-order valence-electron chi connectivity index (χ4n) is 1.32. The van der Waals surface area contributed by atoms with Gasteiger partial charge in [0.05, 0.1) is 0 Å². The second-order valence-corrected chi connectivity index (χ2v) is 3.23. The molecule has 0 saturated carbocycles. The molecular formula is C10H17NO2. The molecule has 0 fully saturated rings. The van der Waals surface area contributed by atoms with Crippen molar-refractivity contribution in [3.8, 4) is 0 Å². The third-order valence-corrected chi connectivity index (χ3v) is 1.98. The third-order valence-electron chi connectivity index (χ3n) is 1.98. The first kappa shape index (κ1) is 11.9. The van der Waals surface area contributed by atoms with Crippen molar-refractivity contribution in [2.75, 3.05) is 0 Å². The quantitative estimate of drug-likeness (QED) is 0.653. The van der Waals surface area contributed by atoms with Gasteiger partial charge in [-0.25, -0.2) is 0 Å². The molecule has 0 aromatic carbocycles. The SMILES string of the molecule is C=CC[C@H](C(C)=O)C(C)NC(C)=O. The Kier molecular flexibility index (Phi) is 5.04. The molecule has 74 valence electrons. The summed E-state index contributed by atoms with van der Waals surface area (Å²) in [7, 11) is 0. The molecule has 3 nitrogen and oxygen atoms in total. The lowest BCUT2D eigenvalue weighted by atomic mass is 9.93. The molecule has 2 atom stereocenters. The standard InChI is InChI=1S/C10H17NO2/c1-5-6-10(8(3)12)7(2)11-9(4)13/h5,7,10H,1,6H2,2-4H3,(H,11,13)/t7?,10-/m0/s1. The number of rotatable bonds is 5. The summed E-state index contributed by atoms with van der Waals surface area (Å²) in [4.78, 5) is 21.9. The van der Waals surface area contributed by atoms with Gasteiger partial charge in [-0.2, -0.15) is 0 Å². The lowest BCUT2D eigenvalue weighted by Gasteiger charge is -2.20. The summed E-state index contributed by atoms with van der Waals surface area (Å²) in [6.45, 7) is 8.39. The van der Waals surface area contributed by atoms with Crippen LogP contribution in [0.5, 0.6) is 0 Å². The molecule has 0 aliphatic heterocycles. The van der Waals surface area contributed by atoms with Crippen LogP contribution in [0.1, 0.15) is 27.2 Å². The van der Waals surface area contributed by atoms with Crippen molar-refractivity contribution in [2.45, 2.75) is 33.2 Å². The summed E-state index contributed by atoms with van der Waals surface area (Å²) in [6.07, 6.45) is 2.31. The van der Waals surface area contributed by atoms with Gasteiger partial charge in [0.1, 0.15) is 5.78 Å². The fourth-order valence-corrected chi connectivity index (χ4v) is 1.32. The first-order chi connectivity index (χ1) is 5.99. The van der Waals surface area contributed by atoms with Crippen molar-refractivity contribution < 1.29 is 9.59 Å². The number of carbonyl (C=O) groups is 2. The van der Waals surface area contributed by atoms with Crippen molar-refractivity contribution in [3.63, 3.8) is 0 Å². The maximum absolute atomic E-state index is 11.2. The molecule has 0 bridgehead atoms. The minimum atomic E-state index is -0.151. The van der Waals surface area contributed by atoms with Gasteiger partial charge >= 0.3 is 0 Å². The highest BCUT2D eigenvalue weighted by Crippen LogP contribution is 2.10. The molecule has 0 aliphatic carbocycles. The number of ketones is 1. The number of allylic oxidation sites excluding steroid dienone is 1. The van der Waals surface area contributed by atoms with E-state index in [4.69, 9.17) is 0 Å². The Hall–Kier alpha value is -1.12. The van der Waals surface area contributed by atoms with Crippen LogP contribution in [0.4, 0.5) is 0 Å². The number of hydrogen-bond donors (Lipinski definition) is 1. The van der Waals surface area contributed by atoms with Gasteiger partial charge in [0.2, 0.25) is 5.91 Å². The molecule has 0 aromatic rings. The van der Waals surface area contributed by atoms with E-state index in [1.807, 2.05) is 6.92 Å². The van der Waals surface area contributed by atoms with Crippen molar-refractivity contribution in [3.05, 3.63) is 12.7 Å². The Morgan fingerprint density at radius 2 is 2.00 bits per heavy atom. The molecule has 0 aromatic heterocycles. The fraction of sp³-hybridized carbons (Fsp3) is 0.600. The van der Waals surface area contributed by atoms with Crippen LogP contribution in [0, 0.1) is 5.92 Å². The van der Waals surface area contributed by atoms with Gasteiger partial charge in [0, 0.05) is 18.9 Å². The lowest BCUT2D eigenvalue weighted by molar-refractivity contribution is -0.123. The highest BCUT2D eigenvalue weighted by molar-refractivity contribution is 5.80. The second-order valence-electron chi connectivity index (χ2n) is 3.23. The molecule has 1 amide bonds. The molecule has 1 N–H and O–H groups in total. The predicted molar refractivity (Wildman–Crippen MR) is 52.3 cm³/mol. The lowest BCUT2D eigenvalue weighted by Crippen LogP contribution is -2.39.